The van der Waals surface area contributed by atoms with Crippen LogP contribution in [0.25, 0.3) is 0 Å². The Morgan fingerprint density at radius 3 is 2.50 bits per heavy atom. The van der Waals surface area contributed by atoms with Crippen LogP contribution in [0.1, 0.15) is 18.4 Å². The van der Waals surface area contributed by atoms with E-state index in [0.29, 0.717) is 6.54 Å². The largest absolute Gasteiger partial charge is 0.497 e. The third kappa shape index (κ3) is 4.04. The molecule has 7 nitrogen and oxygen atoms in total. The van der Waals surface area contributed by atoms with Gasteiger partial charge < -0.3 is 19.8 Å². The minimum Gasteiger partial charge on any atom is -0.497 e. The number of likely N-dealkylation sites (tertiary alicyclic amines) is 1. The minimum absolute atomic E-state index is 0.0783. The van der Waals surface area contributed by atoms with Crippen LogP contribution in [0.5, 0.6) is 5.75 Å². The van der Waals surface area contributed by atoms with E-state index < -0.39 is 12.1 Å². The van der Waals surface area contributed by atoms with Crippen LogP contribution in [-0.4, -0.2) is 77.8 Å². The number of likely N-dealkylation sites (N-methyl/N-ethyl adjacent to an activating group) is 1. The highest BCUT2D eigenvalue weighted by Gasteiger charge is 2.38. The average Bonchev–Trinajstić information content (AvgIpc) is 2.95. The summed E-state index contributed by atoms with van der Waals surface area (Å²) in [7, 11) is 3.23. The Morgan fingerprint density at radius 2 is 1.96 bits per heavy atom. The van der Waals surface area contributed by atoms with Crippen LogP contribution in [0.3, 0.4) is 0 Å². The zero-order valence-electron chi connectivity index (χ0n) is 14.2. The first-order chi connectivity index (χ1) is 11.3. The molecular weight excluding hydrogens is 312 g/mol. The maximum absolute atomic E-state index is 12.7. The van der Waals surface area contributed by atoms with E-state index in [-0.39, 0.29) is 31.0 Å². The Morgan fingerprint density at radius 1 is 1.33 bits per heavy atom. The molecule has 1 amide bonds. The van der Waals surface area contributed by atoms with Crippen LogP contribution >= 0.6 is 0 Å². The van der Waals surface area contributed by atoms with Gasteiger partial charge in [0.05, 0.1) is 31.7 Å². The Bertz CT molecular complexity index is 589. The lowest BCUT2D eigenvalue weighted by Crippen LogP contribution is -2.43. The SMILES string of the molecule is COc1ccc(C(C)C(=O)N2CC(N(C)CC(=O)O)[C@H](O)C2)cc1. The monoisotopic (exact) mass is 336 g/mol. The van der Waals surface area contributed by atoms with E-state index in [0.717, 1.165) is 11.3 Å². The fourth-order valence-electron chi connectivity index (χ4n) is 3.02. The number of amides is 1. The first-order valence-electron chi connectivity index (χ1n) is 7.86. The van der Waals surface area contributed by atoms with Gasteiger partial charge in [0.1, 0.15) is 5.75 Å². The van der Waals surface area contributed by atoms with E-state index in [9.17, 15) is 14.7 Å². The van der Waals surface area contributed by atoms with E-state index in [1.165, 1.54) is 0 Å². The zero-order valence-corrected chi connectivity index (χ0v) is 14.2. The fourth-order valence-corrected chi connectivity index (χ4v) is 3.02. The first-order valence-corrected chi connectivity index (χ1v) is 7.86. The van der Waals surface area contributed by atoms with Gasteiger partial charge in [-0.15, -0.1) is 0 Å². The molecule has 2 unspecified atom stereocenters. The molecular formula is C17H24N2O5. The number of rotatable bonds is 6. The van der Waals surface area contributed by atoms with Gasteiger partial charge in [-0.25, -0.2) is 0 Å². The summed E-state index contributed by atoms with van der Waals surface area (Å²) in [6, 6.07) is 6.94. The van der Waals surface area contributed by atoms with Crippen molar-refractivity contribution >= 4 is 11.9 Å². The number of ether oxygens (including phenoxy) is 1. The molecule has 2 N–H and O–H groups in total. The van der Waals surface area contributed by atoms with Crippen molar-refractivity contribution in [3.63, 3.8) is 0 Å². The van der Waals surface area contributed by atoms with Crippen molar-refractivity contribution in [2.24, 2.45) is 0 Å². The fraction of sp³-hybridized carbons (Fsp3) is 0.529. The Balaban J connectivity index is 2.02. The van der Waals surface area contributed by atoms with Crippen molar-refractivity contribution in [1.29, 1.82) is 0 Å². The molecule has 3 atom stereocenters. The summed E-state index contributed by atoms with van der Waals surface area (Å²) in [5.41, 5.74) is 0.873. The molecule has 0 radical (unpaired) electrons. The van der Waals surface area contributed by atoms with Gasteiger partial charge >= 0.3 is 5.97 Å². The molecule has 24 heavy (non-hydrogen) atoms. The number of carbonyl (C=O) groups is 2. The molecule has 0 aromatic heterocycles. The number of nitrogens with zero attached hydrogens (tertiary/aromatic N) is 2. The molecule has 1 heterocycles. The van der Waals surface area contributed by atoms with Crippen molar-refractivity contribution in [1.82, 2.24) is 9.80 Å². The van der Waals surface area contributed by atoms with Gasteiger partial charge in [0, 0.05) is 13.1 Å². The molecule has 0 spiro atoms. The number of hydrogen-bond donors (Lipinski definition) is 2. The third-order valence-electron chi connectivity index (χ3n) is 4.51. The highest BCUT2D eigenvalue weighted by Crippen LogP contribution is 2.24. The Labute approximate surface area is 141 Å². The van der Waals surface area contributed by atoms with E-state index in [2.05, 4.69) is 0 Å². The highest BCUT2D eigenvalue weighted by molar-refractivity contribution is 5.83. The molecule has 1 aliphatic rings. The average molecular weight is 336 g/mol. The Hall–Kier alpha value is -2.12. The molecule has 1 saturated heterocycles. The zero-order chi connectivity index (χ0) is 17.9. The number of aliphatic hydroxyl groups excluding tert-OH is 1. The lowest BCUT2D eigenvalue weighted by atomic mass is 10.00. The molecule has 0 saturated carbocycles. The molecule has 0 bridgehead atoms. The predicted molar refractivity (Wildman–Crippen MR) is 88.0 cm³/mol. The number of aliphatic carboxylic acids is 1. The summed E-state index contributed by atoms with van der Waals surface area (Å²) in [6.07, 6.45) is -0.749. The summed E-state index contributed by atoms with van der Waals surface area (Å²) >= 11 is 0. The van der Waals surface area contributed by atoms with Crippen molar-refractivity contribution in [3.05, 3.63) is 29.8 Å². The molecule has 7 heteroatoms. The second kappa shape index (κ2) is 7.63. The summed E-state index contributed by atoms with van der Waals surface area (Å²) in [4.78, 5) is 26.7. The number of methoxy groups -OCH3 is 1. The van der Waals surface area contributed by atoms with E-state index in [1.54, 1.807) is 36.1 Å². The van der Waals surface area contributed by atoms with Gasteiger partial charge in [0.25, 0.3) is 0 Å². The topological polar surface area (TPSA) is 90.3 Å². The van der Waals surface area contributed by atoms with Crippen molar-refractivity contribution in [2.45, 2.75) is 25.0 Å². The number of carboxylic acids is 1. The third-order valence-corrected chi connectivity index (χ3v) is 4.51. The van der Waals surface area contributed by atoms with Gasteiger partial charge in [-0.05, 0) is 31.7 Å². The molecule has 1 aromatic carbocycles. The maximum Gasteiger partial charge on any atom is 0.317 e. The highest BCUT2D eigenvalue weighted by atomic mass is 16.5. The molecule has 2 rings (SSSR count). The van der Waals surface area contributed by atoms with Gasteiger partial charge in [-0.2, -0.15) is 0 Å². The summed E-state index contributed by atoms with van der Waals surface area (Å²) in [5, 5.41) is 19.0. The van der Waals surface area contributed by atoms with E-state index in [4.69, 9.17) is 9.84 Å². The van der Waals surface area contributed by atoms with Gasteiger partial charge in [0.15, 0.2) is 0 Å². The molecule has 0 aliphatic carbocycles. The quantitative estimate of drug-likeness (QED) is 0.781. The van der Waals surface area contributed by atoms with Crippen LogP contribution in [0.2, 0.25) is 0 Å². The lowest BCUT2D eigenvalue weighted by Gasteiger charge is -2.25. The smallest absolute Gasteiger partial charge is 0.317 e. The predicted octanol–water partition coefficient (Wildman–Crippen LogP) is 0.387. The van der Waals surface area contributed by atoms with Gasteiger partial charge in [-0.1, -0.05) is 12.1 Å². The van der Waals surface area contributed by atoms with Crippen LogP contribution in [0.4, 0.5) is 0 Å². The number of aliphatic hydroxyl groups is 1. The first kappa shape index (κ1) is 18.2. The summed E-state index contributed by atoms with van der Waals surface area (Å²) < 4.78 is 5.11. The number of hydrogen-bond acceptors (Lipinski definition) is 5. The van der Waals surface area contributed by atoms with Gasteiger partial charge in [-0.3, -0.25) is 14.5 Å². The van der Waals surface area contributed by atoms with Crippen molar-refractivity contribution in [2.75, 3.05) is 33.8 Å². The van der Waals surface area contributed by atoms with Crippen LogP contribution in [0.15, 0.2) is 24.3 Å². The number of β-amino-alcohol motifs (C(OH)–C–C–N with tert-alkyl or cyclic N) is 1. The normalized spacial score (nSPS) is 21.8. The van der Waals surface area contributed by atoms with Gasteiger partial charge in [0.2, 0.25) is 5.91 Å². The number of carboxylic acid groups (broad SMARTS) is 1. The number of carbonyl (C=O) groups excluding carboxylic acids is 1. The summed E-state index contributed by atoms with van der Waals surface area (Å²) in [5.74, 6) is -0.650. The van der Waals surface area contributed by atoms with E-state index >= 15 is 0 Å². The lowest BCUT2D eigenvalue weighted by molar-refractivity contribution is -0.138. The standard InChI is InChI=1S/C17H24N2O5/c1-11(12-4-6-13(24-3)7-5-12)17(23)19-8-14(15(20)9-19)18(2)10-16(21)22/h4-7,11,14-15,20H,8-10H2,1-3H3,(H,21,22)/t11?,14?,15-/m1/s1. The molecule has 132 valence electrons. The van der Waals surface area contributed by atoms with Crippen LogP contribution < -0.4 is 4.74 Å². The van der Waals surface area contributed by atoms with Crippen LogP contribution in [-0.2, 0) is 9.59 Å². The maximum atomic E-state index is 12.7. The molecule has 1 aromatic rings. The second-order valence-corrected chi connectivity index (χ2v) is 6.18. The minimum atomic E-state index is -0.957. The second-order valence-electron chi connectivity index (χ2n) is 6.18. The molecule has 1 fully saturated rings. The number of benzene rings is 1. The van der Waals surface area contributed by atoms with Crippen LogP contribution in [0, 0.1) is 0 Å². The van der Waals surface area contributed by atoms with Crippen molar-refractivity contribution in [3.8, 4) is 5.75 Å². The molecule has 1 aliphatic heterocycles. The van der Waals surface area contributed by atoms with Crippen molar-refractivity contribution < 1.29 is 24.5 Å². The Kier molecular flexibility index (Phi) is 5.80. The summed E-state index contributed by atoms with van der Waals surface area (Å²) in [6.45, 7) is 2.20. The van der Waals surface area contributed by atoms with E-state index in [1.807, 2.05) is 19.1 Å².